The van der Waals surface area contributed by atoms with Crippen molar-refractivity contribution in [2.45, 2.75) is 26.4 Å². The van der Waals surface area contributed by atoms with Crippen LogP contribution in [0.25, 0.3) is 0 Å². The first-order valence-electron chi connectivity index (χ1n) is 6.30. The van der Waals surface area contributed by atoms with E-state index in [2.05, 4.69) is 31.3 Å². The van der Waals surface area contributed by atoms with Crippen molar-refractivity contribution >= 4 is 23.2 Å². The molecular formula is C16H17Cl2N. The van der Waals surface area contributed by atoms with Gasteiger partial charge in [-0.15, -0.1) is 0 Å². The number of rotatable bonds is 4. The molecule has 1 atom stereocenters. The van der Waals surface area contributed by atoms with Gasteiger partial charge in [0.05, 0.1) is 0 Å². The molecule has 0 fully saturated rings. The van der Waals surface area contributed by atoms with Gasteiger partial charge in [-0.05, 0) is 54.8 Å². The zero-order valence-electron chi connectivity index (χ0n) is 11.1. The molecule has 0 aliphatic rings. The second-order valence-electron chi connectivity index (χ2n) is 4.73. The molecule has 0 heterocycles. The molecule has 0 aliphatic heterocycles. The predicted octanol–water partition coefficient (Wildman–Crippen LogP) is 5.15. The monoisotopic (exact) mass is 293 g/mol. The Labute approximate surface area is 124 Å². The molecule has 100 valence electrons. The van der Waals surface area contributed by atoms with Crippen molar-refractivity contribution in [2.75, 3.05) is 0 Å². The smallest absolute Gasteiger partial charge is 0.0409 e. The number of hydrogen-bond donors (Lipinski definition) is 1. The molecule has 19 heavy (non-hydrogen) atoms. The fourth-order valence-electron chi connectivity index (χ4n) is 2.01. The largest absolute Gasteiger partial charge is 0.306 e. The Morgan fingerprint density at radius 1 is 1.05 bits per heavy atom. The minimum absolute atomic E-state index is 0.258. The predicted molar refractivity (Wildman–Crippen MR) is 82.9 cm³/mol. The number of halogens is 2. The summed E-state index contributed by atoms with van der Waals surface area (Å²) < 4.78 is 0. The number of aryl methyl sites for hydroxylation is 1. The van der Waals surface area contributed by atoms with Crippen LogP contribution >= 0.6 is 23.2 Å². The molecule has 0 radical (unpaired) electrons. The molecule has 0 aromatic heterocycles. The molecule has 0 bridgehead atoms. The number of nitrogens with one attached hydrogen (secondary N) is 1. The van der Waals surface area contributed by atoms with Gasteiger partial charge in [-0.1, -0.05) is 41.4 Å². The fraction of sp³-hybridized carbons (Fsp3) is 0.250. The van der Waals surface area contributed by atoms with Crippen molar-refractivity contribution in [3.63, 3.8) is 0 Å². The lowest BCUT2D eigenvalue weighted by Crippen LogP contribution is -2.18. The molecule has 2 rings (SSSR count). The van der Waals surface area contributed by atoms with E-state index in [4.69, 9.17) is 23.2 Å². The molecule has 2 aromatic carbocycles. The highest BCUT2D eigenvalue weighted by atomic mass is 35.5. The Balaban J connectivity index is 2.02. The summed E-state index contributed by atoms with van der Waals surface area (Å²) in [4.78, 5) is 0. The van der Waals surface area contributed by atoms with Crippen LogP contribution in [-0.4, -0.2) is 0 Å². The summed E-state index contributed by atoms with van der Waals surface area (Å²) in [5.74, 6) is 0. The van der Waals surface area contributed by atoms with Gasteiger partial charge in [0.15, 0.2) is 0 Å². The van der Waals surface area contributed by atoms with Gasteiger partial charge in [0, 0.05) is 22.6 Å². The summed E-state index contributed by atoms with van der Waals surface area (Å²) in [5.41, 5.74) is 3.66. The van der Waals surface area contributed by atoms with Gasteiger partial charge in [0.2, 0.25) is 0 Å². The highest BCUT2D eigenvalue weighted by Gasteiger charge is 2.06. The van der Waals surface area contributed by atoms with E-state index in [9.17, 15) is 0 Å². The van der Waals surface area contributed by atoms with Crippen molar-refractivity contribution in [1.82, 2.24) is 5.32 Å². The second-order valence-corrected chi connectivity index (χ2v) is 5.60. The summed E-state index contributed by atoms with van der Waals surface area (Å²) >= 11 is 12.0. The van der Waals surface area contributed by atoms with Gasteiger partial charge in [0.25, 0.3) is 0 Å². The molecule has 1 nitrogen and oxygen atoms in total. The third-order valence-electron chi connectivity index (χ3n) is 3.25. The average Bonchev–Trinajstić information content (AvgIpc) is 2.37. The zero-order valence-corrected chi connectivity index (χ0v) is 12.6. The van der Waals surface area contributed by atoms with Crippen LogP contribution in [0, 0.1) is 6.92 Å². The third-order valence-corrected chi connectivity index (χ3v) is 3.72. The SMILES string of the molecule is Cc1cc(Cl)ccc1CN[C@H](C)c1cccc(Cl)c1. The van der Waals surface area contributed by atoms with Crippen LogP contribution in [-0.2, 0) is 6.54 Å². The Morgan fingerprint density at radius 3 is 2.47 bits per heavy atom. The van der Waals surface area contributed by atoms with Crippen LogP contribution in [0.1, 0.15) is 29.7 Å². The molecule has 0 unspecified atom stereocenters. The minimum atomic E-state index is 0.258. The highest BCUT2D eigenvalue weighted by molar-refractivity contribution is 6.30. The fourth-order valence-corrected chi connectivity index (χ4v) is 2.44. The summed E-state index contributed by atoms with van der Waals surface area (Å²) in [6, 6.07) is 14.2. The Morgan fingerprint density at radius 2 is 1.79 bits per heavy atom. The van der Waals surface area contributed by atoms with Gasteiger partial charge < -0.3 is 5.32 Å². The Bertz CT molecular complexity index is 566. The number of benzene rings is 2. The maximum absolute atomic E-state index is 6.01. The summed E-state index contributed by atoms with van der Waals surface area (Å²) in [5, 5.41) is 5.05. The summed E-state index contributed by atoms with van der Waals surface area (Å²) in [7, 11) is 0. The van der Waals surface area contributed by atoms with E-state index in [1.54, 1.807) is 0 Å². The van der Waals surface area contributed by atoms with Gasteiger partial charge in [-0.25, -0.2) is 0 Å². The first-order chi connectivity index (χ1) is 9.06. The molecule has 0 saturated carbocycles. The Kier molecular flexibility index (Phi) is 4.87. The Hall–Kier alpha value is -1.02. The molecule has 2 aromatic rings. The molecule has 3 heteroatoms. The van der Waals surface area contributed by atoms with Gasteiger partial charge in [-0.3, -0.25) is 0 Å². The topological polar surface area (TPSA) is 12.0 Å². The standard InChI is InChI=1S/C16H17Cl2N/c1-11-8-16(18)7-6-14(11)10-19-12(2)13-4-3-5-15(17)9-13/h3-9,12,19H,10H2,1-2H3/t12-/m1/s1. The summed E-state index contributed by atoms with van der Waals surface area (Å²) in [6.45, 7) is 5.03. The quantitative estimate of drug-likeness (QED) is 0.822. The van der Waals surface area contributed by atoms with Crippen molar-refractivity contribution in [1.29, 1.82) is 0 Å². The molecule has 0 saturated heterocycles. The van der Waals surface area contributed by atoms with Gasteiger partial charge in [-0.2, -0.15) is 0 Å². The van der Waals surface area contributed by atoms with Crippen molar-refractivity contribution in [2.24, 2.45) is 0 Å². The minimum Gasteiger partial charge on any atom is -0.306 e. The van der Waals surface area contributed by atoms with E-state index in [0.717, 1.165) is 16.6 Å². The van der Waals surface area contributed by atoms with Crippen LogP contribution < -0.4 is 5.32 Å². The van der Waals surface area contributed by atoms with Gasteiger partial charge in [0.1, 0.15) is 0 Å². The van der Waals surface area contributed by atoms with Crippen molar-refractivity contribution in [3.8, 4) is 0 Å². The van der Waals surface area contributed by atoms with Gasteiger partial charge >= 0.3 is 0 Å². The van der Waals surface area contributed by atoms with Crippen LogP contribution in [0.2, 0.25) is 10.0 Å². The van der Waals surface area contributed by atoms with E-state index in [1.807, 2.05) is 30.3 Å². The van der Waals surface area contributed by atoms with E-state index in [0.29, 0.717) is 0 Å². The van der Waals surface area contributed by atoms with E-state index in [-0.39, 0.29) is 6.04 Å². The average molecular weight is 294 g/mol. The second kappa shape index (κ2) is 6.42. The molecular weight excluding hydrogens is 277 g/mol. The lowest BCUT2D eigenvalue weighted by molar-refractivity contribution is 0.573. The van der Waals surface area contributed by atoms with Crippen LogP contribution in [0.5, 0.6) is 0 Å². The third kappa shape index (κ3) is 3.97. The highest BCUT2D eigenvalue weighted by Crippen LogP contribution is 2.19. The molecule has 0 spiro atoms. The lowest BCUT2D eigenvalue weighted by atomic mass is 10.1. The van der Waals surface area contributed by atoms with Crippen LogP contribution in [0.3, 0.4) is 0 Å². The van der Waals surface area contributed by atoms with E-state index < -0.39 is 0 Å². The lowest BCUT2D eigenvalue weighted by Gasteiger charge is -2.15. The zero-order chi connectivity index (χ0) is 13.8. The molecule has 0 aliphatic carbocycles. The number of hydrogen-bond acceptors (Lipinski definition) is 1. The first-order valence-corrected chi connectivity index (χ1v) is 7.06. The van der Waals surface area contributed by atoms with E-state index in [1.165, 1.54) is 16.7 Å². The molecule has 1 N–H and O–H groups in total. The first kappa shape index (κ1) is 14.4. The van der Waals surface area contributed by atoms with Crippen molar-refractivity contribution < 1.29 is 0 Å². The van der Waals surface area contributed by atoms with Crippen LogP contribution in [0.15, 0.2) is 42.5 Å². The van der Waals surface area contributed by atoms with Crippen LogP contribution in [0.4, 0.5) is 0 Å². The maximum atomic E-state index is 6.01. The van der Waals surface area contributed by atoms with Crippen molar-refractivity contribution in [3.05, 3.63) is 69.2 Å². The van der Waals surface area contributed by atoms with E-state index >= 15 is 0 Å². The maximum Gasteiger partial charge on any atom is 0.0409 e. The normalized spacial score (nSPS) is 12.4. The summed E-state index contributed by atoms with van der Waals surface area (Å²) in [6.07, 6.45) is 0. The molecule has 0 amide bonds.